The quantitative estimate of drug-likeness (QED) is 0.734. The van der Waals surface area contributed by atoms with Crippen LogP contribution in [0.3, 0.4) is 0 Å². The summed E-state index contributed by atoms with van der Waals surface area (Å²) in [4.78, 5) is 16.4. The number of nitrogens with two attached hydrogens (primary N) is 1. The van der Waals surface area contributed by atoms with Crippen LogP contribution in [0, 0.1) is 0 Å². The average Bonchev–Trinajstić information content (AvgIpc) is 2.17. The van der Waals surface area contributed by atoms with Crippen molar-refractivity contribution >= 4 is 11.7 Å². The van der Waals surface area contributed by atoms with Gasteiger partial charge in [-0.05, 0) is 24.6 Å². The summed E-state index contributed by atoms with van der Waals surface area (Å²) in [7, 11) is 1.72. The van der Waals surface area contributed by atoms with E-state index in [9.17, 15) is 9.90 Å². The Kier molecular flexibility index (Phi) is 3.62. The maximum absolute atomic E-state index is 10.7. The Morgan fingerprint density at radius 1 is 1.73 bits per heavy atom. The van der Waals surface area contributed by atoms with Crippen molar-refractivity contribution in [2.45, 2.75) is 13.0 Å². The van der Waals surface area contributed by atoms with E-state index in [1.807, 2.05) is 0 Å². The Bertz CT molecular complexity index is 352. The Labute approximate surface area is 88.5 Å². The van der Waals surface area contributed by atoms with Gasteiger partial charge in [-0.15, -0.1) is 0 Å². The van der Waals surface area contributed by atoms with Crippen LogP contribution < -0.4 is 10.6 Å². The minimum absolute atomic E-state index is 0.107. The molecule has 0 radical (unpaired) electrons. The molecule has 1 amide bonds. The fraction of sp³-hybridized carbons (Fsp3) is 0.400. The smallest absolute Gasteiger partial charge is 0.236 e. The van der Waals surface area contributed by atoms with Gasteiger partial charge in [0.15, 0.2) is 0 Å². The second-order valence-electron chi connectivity index (χ2n) is 3.45. The molecule has 1 unspecified atom stereocenters. The molecule has 0 aliphatic heterocycles. The van der Waals surface area contributed by atoms with E-state index in [2.05, 4.69) is 4.98 Å². The van der Waals surface area contributed by atoms with Gasteiger partial charge in [0, 0.05) is 13.2 Å². The van der Waals surface area contributed by atoms with Crippen molar-refractivity contribution in [1.82, 2.24) is 4.98 Å². The highest BCUT2D eigenvalue weighted by atomic mass is 16.3. The van der Waals surface area contributed by atoms with Crippen molar-refractivity contribution in [2.24, 2.45) is 5.73 Å². The van der Waals surface area contributed by atoms with Crippen molar-refractivity contribution in [3.05, 3.63) is 23.9 Å². The number of hydrogen-bond acceptors (Lipinski definition) is 4. The lowest BCUT2D eigenvalue weighted by Gasteiger charge is -2.17. The zero-order chi connectivity index (χ0) is 11.4. The molecule has 1 aromatic rings. The number of likely N-dealkylation sites (N-methyl/N-ethyl adjacent to an activating group) is 1. The van der Waals surface area contributed by atoms with Crippen molar-refractivity contribution < 1.29 is 9.90 Å². The van der Waals surface area contributed by atoms with Crippen LogP contribution in [0.15, 0.2) is 18.3 Å². The summed E-state index contributed by atoms with van der Waals surface area (Å²) < 4.78 is 0. The molecular formula is C10H15N3O2. The van der Waals surface area contributed by atoms with Crippen LogP contribution in [0.25, 0.3) is 0 Å². The number of rotatable bonds is 4. The lowest BCUT2D eigenvalue weighted by atomic mass is 10.2. The largest absolute Gasteiger partial charge is 0.389 e. The van der Waals surface area contributed by atoms with Gasteiger partial charge in [0.25, 0.3) is 0 Å². The van der Waals surface area contributed by atoms with Crippen LogP contribution >= 0.6 is 0 Å². The van der Waals surface area contributed by atoms with E-state index in [1.54, 1.807) is 37.2 Å². The SMILES string of the molecule is CC(O)c1ccnc(N(C)CC(N)=O)c1. The van der Waals surface area contributed by atoms with Crippen molar-refractivity contribution in [3.8, 4) is 0 Å². The predicted molar refractivity (Wildman–Crippen MR) is 57.3 cm³/mol. The zero-order valence-corrected chi connectivity index (χ0v) is 8.84. The minimum atomic E-state index is -0.547. The molecule has 15 heavy (non-hydrogen) atoms. The first-order valence-electron chi connectivity index (χ1n) is 4.64. The van der Waals surface area contributed by atoms with Crippen LogP contribution in [0.4, 0.5) is 5.82 Å². The Morgan fingerprint density at radius 2 is 2.40 bits per heavy atom. The first-order chi connectivity index (χ1) is 7.00. The highest BCUT2D eigenvalue weighted by Crippen LogP contribution is 2.16. The van der Waals surface area contributed by atoms with Crippen LogP contribution in [0.5, 0.6) is 0 Å². The highest BCUT2D eigenvalue weighted by molar-refractivity contribution is 5.79. The second-order valence-corrected chi connectivity index (χ2v) is 3.45. The van der Waals surface area contributed by atoms with E-state index in [0.717, 1.165) is 5.56 Å². The van der Waals surface area contributed by atoms with Gasteiger partial charge in [-0.1, -0.05) is 0 Å². The number of carbonyl (C=O) groups is 1. The lowest BCUT2D eigenvalue weighted by Crippen LogP contribution is -2.31. The van der Waals surface area contributed by atoms with Gasteiger partial charge in [0.05, 0.1) is 12.6 Å². The molecule has 1 atom stereocenters. The number of pyridine rings is 1. The van der Waals surface area contributed by atoms with E-state index >= 15 is 0 Å². The maximum atomic E-state index is 10.7. The van der Waals surface area contributed by atoms with Crippen molar-refractivity contribution in [3.63, 3.8) is 0 Å². The van der Waals surface area contributed by atoms with Gasteiger partial charge >= 0.3 is 0 Å². The summed E-state index contributed by atoms with van der Waals surface area (Å²) in [6.07, 6.45) is 1.04. The molecule has 1 heterocycles. The third-order valence-corrected chi connectivity index (χ3v) is 2.04. The average molecular weight is 209 g/mol. The summed E-state index contributed by atoms with van der Waals surface area (Å²) >= 11 is 0. The van der Waals surface area contributed by atoms with Crippen molar-refractivity contribution in [1.29, 1.82) is 0 Å². The molecule has 3 N–H and O–H groups in total. The molecule has 0 bridgehead atoms. The second kappa shape index (κ2) is 4.75. The van der Waals surface area contributed by atoms with E-state index in [0.29, 0.717) is 5.82 Å². The number of aromatic nitrogens is 1. The maximum Gasteiger partial charge on any atom is 0.236 e. The number of aliphatic hydroxyl groups is 1. The highest BCUT2D eigenvalue weighted by Gasteiger charge is 2.07. The fourth-order valence-corrected chi connectivity index (χ4v) is 1.22. The number of amides is 1. The molecule has 1 rings (SSSR count). The first-order valence-corrected chi connectivity index (χ1v) is 4.64. The minimum Gasteiger partial charge on any atom is -0.389 e. The van der Waals surface area contributed by atoms with Gasteiger partial charge in [-0.3, -0.25) is 4.79 Å². The molecule has 0 fully saturated rings. The third kappa shape index (κ3) is 3.21. The molecule has 82 valence electrons. The Morgan fingerprint density at radius 3 is 2.93 bits per heavy atom. The number of aliphatic hydroxyl groups excluding tert-OH is 1. The van der Waals surface area contributed by atoms with Gasteiger partial charge < -0.3 is 15.7 Å². The normalized spacial score (nSPS) is 12.2. The molecule has 0 aromatic carbocycles. The van der Waals surface area contributed by atoms with Gasteiger partial charge in [0.2, 0.25) is 5.91 Å². The predicted octanol–water partition coefficient (Wildman–Crippen LogP) is 0.0564. The number of carbonyl (C=O) groups excluding carboxylic acids is 1. The van der Waals surface area contributed by atoms with E-state index < -0.39 is 12.0 Å². The van der Waals surface area contributed by atoms with Gasteiger partial charge in [-0.25, -0.2) is 4.98 Å². The summed E-state index contributed by atoms with van der Waals surface area (Å²) in [6, 6.07) is 3.46. The van der Waals surface area contributed by atoms with Crippen LogP contribution in [0.1, 0.15) is 18.6 Å². The third-order valence-electron chi connectivity index (χ3n) is 2.04. The molecule has 1 aromatic heterocycles. The number of nitrogens with zero attached hydrogens (tertiary/aromatic N) is 2. The topological polar surface area (TPSA) is 79.5 Å². The summed E-state index contributed by atoms with van der Waals surface area (Å²) in [5.74, 6) is 0.203. The van der Waals surface area contributed by atoms with E-state index in [1.165, 1.54) is 0 Å². The van der Waals surface area contributed by atoms with E-state index in [4.69, 9.17) is 5.73 Å². The van der Waals surface area contributed by atoms with Crippen LogP contribution in [-0.4, -0.2) is 29.6 Å². The molecule has 0 aliphatic rings. The molecule has 5 nitrogen and oxygen atoms in total. The van der Waals surface area contributed by atoms with Gasteiger partial charge in [0.1, 0.15) is 5.82 Å². The number of hydrogen-bond donors (Lipinski definition) is 2. The molecule has 0 spiro atoms. The molecule has 5 heteroatoms. The molecule has 0 aliphatic carbocycles. The lowest BCUT2D eigenvalue weighted by molar-refractivity contribution is -0.116. The molecular weight excluding hydrogens is 194 g/mol. The number of primary amides is 1. The monoisotopic (exact) mass is 209 g/mol. The summed E-state index contributed by atoms with van der Waals surface area (Å²) in [5.41, 5.74) is 5.83. The summed E-state index contributed by atoms with van der Waals surface area (Å²) in [6.45, 7) is 1.78. The van der Waals surface area contributed by atoms with Crippen LogP contribution in [-0.2, 0) is 4.79 Å². The molecule has 0 saturated carbocycles. The Hall–Kier alpha value is -1.62. The van der Waals surface area contributed by atoms with Crippen LogP contribution in [0.2, 0.25) is 0 Å². The first kappa shape index (κ1) is 11.5. The fourth-order valence-electron chi connectivity index (χ4n) is 1.22. The zero-order valence-electron chi connectivity index (χ0n) is 8.84. The van der Waals surface area contributed by atoms with Gasteiger partial charge in [-0.2, -0.15) is 0 Å². The summed E-state index contributed by atoms with van der Waals surface area (Å²) in [5, 5.41) is 9.37. The number of anilines is 1. The molecule has 0 saturated heterocycles. The van der Waals surface area contributed by atoms with Crippen molar-refractivity contribution in [2.75, 3.05) is 18.5 Å². The Balaban J connectivity index is 2.85. The van der Waals surface area contributed by atoms with E-state index in [-0.39, 0.29) is 6.54 Å². The standard InChI is InChI=1S/C10H15N3O2/c1-7(14)8-3-4-12-10(5-8)13(2)6-9(11)15/h3-5,7,14H,6H2,1-2H3,(H2,11,15).